The first kappa shape index (κ1) is 17.2. The van der Waals surface area contributed by atoms with Crippen LogP contribution >= 0.6 is 11.3 Å². The maximum Gasteiger partial charge on any atom is 0.345 e. The maximum absolute atomic E-state index is 12.5. The van der Waals surface area contributed by atoms with Crippen LogP contribution in [-0.4, -0.2) is 20.7 Å². The number of aromatic nitrogens is 3. The third-order valence-electron chi connectivity index (χ3n) is 4.03. The highest BCUT2D eigenvalue weighted by Crippen LogP contribution is 2.25. The summed E-state index contributed by atoms with van der Waals surface area (Å²) in [5.74, 6) is -0.298. The topological polar surface area (TPSA) is 90.0 Å². The molecule has 4 rings (SSSR count). The van der Waals surface area contributed by atoms with E-state index in [2.05, 4.69) is 15.4 Å². The van der Waals surface area contributed by atoms with Gasteiger partial charge in [0.05, 0.1) is 11.3 Å². The van der Waals surface area contributed by atoms with Gasteiger partial charge >= 0.3 is 5.63 Å². The molecule has 0 saturated heterocycles. The molecular weight excluding hydrogens is 364 g/mol. The van der Waals surface area contributed by atoms with Gasteiger partial charge in [0.2, 0.25) is 0 Å². The van der Waals surface area contributed by atoms with Crippen molar-refractivity contribution in [1.29, 1.82) is 0 Å². The van der Waals surface area contributed by atoms with Crippen LogP contribution in [0.15, 0.2) is 57.2 Å². The number of para-hydroxylation sites is 1. The van der Waals surface area contributed by atoms with Crippen LogP contribution in [0, 0.1) is 0 Å². The lowest BCUT2D eigenvalue weighted by Gasteiger charge is -2.09. The van der Waals surface area contributed by atoms with E-state index in [1.807, 2.05) is 32.0 Å². The second kappa shape index (κ2) is 6.81. The van der Waals surface area contributed by atoms with Gasteiger partial charge in [-0.15, -0.1) is 11.3 Å². The second-order valence-electron chi connectivity index (χ2n) is 6.23. The van der Waals surface area contributed by atoms with Crippen LogP contribution in [0.2, 0.25) is 0 Å². The minimum absolute atomic E-state index is 0.0647. The summed E-state index contributed by atoms with van der Waals surface area (Å²) in [6.07, 6.45) is 1.59. The first-order chi connectivity index (χ1) is 13.0. The van der Waals surface area contributed by atoms with Crippen molar-refractivity contribution >= 4 is 33.3 Å². The first-order valence-electron chi connectivity index (χ1n) is 8.36. The van der Waals surface area contributed by atoms with Crippen molar-refractivity contribution in [3.63, 3.8) is 0 Å². The zero-order chi connectivity index (χ0) is 19.0. The molecule has 0 aliphatic heterocycles. The van der Waals surface area contributed by atoms with Crippen molar-refractivity contribution in [2.75, 3.05) is 5.32 Å². The van der Waals surface area contributed by atoms with Gasteiger partial charge in [-0.25, -0.2) is 9.78 Å². The fourth-order valence-corrected chi connectivity index (χ4v) is 3.47. The zero-order valence-corrected chi connectivity index (χ0v) is 15.5. The van der Waals surface area contributed by atoms with Crippen LogP contribution in [0.1, 0.15) is 30.4 Å². The van der Waals surface area contributed by atoms with Crippen molar-refractivity contribution in [2.24, 2.45) is 0 Å². The molecule has 3 heterocycles. The number of hydrogen-bond donors (Lipinski definition) is 1. The van der Waals surface area contributed by atoms with Gasteiger partial charge in [0, 0.05) is 23.0 Å². The van der Waals surface area contributed by atoms with E-state index in [4.69, 9.17) is 4.42 Å². The molecule has 1 N–H and O–H groups in total. The Morgan fingerprint density at radius 1 is 1.26 bits per heavy atom. The lowest BCUT2D eigenvalue weighted by Crippen LogP contribution is -2.18. The predicted octanol–water partition coefficient (Wildman–Crippen LogP) is 3.95. The van der Waals surface area contributed by atoms with Crippen LogP contribution < -0.4 is 10.9 Å². The molecule has 1 aromatic carbocycles. The molecule has 7 nitrogen and oxygen atoms in total. The van der Waals surface area contributed by atoms with Crippen LogP contribution in [0.4, 0.5) is 5.13 Å². The third-order valence-corrected chi connectivity index (χ3v) is 4.79. The molecule has 3 aromatic heterocycles. The largest absolute Gasteiger partial charge is 0.422 e. The normalized spacial score (nSPS) is 11.2. The Labute approximate surface area is 158 Å². The molecule has 27 heavy (non-hydrogen) atoms. The molecule has 0 spiro atoms. The van der Waals surface area contributed by atoms with Gasteiger partial charge in [-0.3, -0.25) is 14.8 Å². The maximum atomic E-state index is 12.5. The van der Waals surface area contributed by atoms with Gasteiger partial charge in [-0.2, -0.15) is 5.10 Å². The highest BCUT2D eigenvalue weighted by atomic mass is 32.1. The number of nitrogens with zero attached hydrogens (tertiary/aromatic N) is 3. The predicted molar refractivity (Wildman–Crippen MR) is 104 cm³/mol. The number of thiazole rings is 1. The van der Waals surface area contributed by atoms with Gasteiger partial charge in [0.15, 0.2) is 5.13 Å². The van der Waals surface area contributed by atoms with Crippen LogP contribution in [0.5, 0.6) is 0 Å². The first-order valence-corrected chi connectivity index (χ1v) is 9.24. The molecule has 0 aliphatic carbocycles. The average molecular weight is 380 g/mol. The molecule has 0 radical (unpaired) electrons. The molecule has 0 bridgehead atoms. The second-order valence-corrected chi connectivity index (χ2v) is 7.09. The Morgan fingerprint density at radius 2 is 2.07 bits per heavy atom. The third kappa shape index (κ3) is 3.26. The highest BCUT2D eigenvalue weighted by Gasteiger charge is 2.17. The van der Waals surface area contributed by atoms with E-state index >= 15 is 0 Å². The quantitative estimate of drug-likeness (QED) is 0.542. The summed E-state index contributed by atoms with van der Waals surface area (Å²) < 4.78 is 6.99. The Bertz CT molecular complexity index is 1190. The van der Waals surface area contributed by atoms with Crippen molar-refractivity contribution in [2.45, 2.75) is 19.9 Å². The molecule has 0 aliphatic rings. The Kier molecular flexibility index (Phi) is 4.33. The number of hydrogen-bond acceptors (Lipinski definition) is 6. The molecule has 0 unspecified atom stereocenters. The van der Waals surface area contributed by atoms with Crippen molar-refractivity contribution in [3.05, 3.63) is 64.1 Å². The van der Waals surface area contributed by atoms with E-state index in [9.17, 15) is 9.59 Å². The molecule has 1 amide bonds. The molecular formula is C19H16N4O3S. The van der Waals surface area contributed by atoms with Crippen LogP contribution in [-0.2, 0) is 0 Å². The summed E-state index contributed by atoms with van der Waals surface area (Å²) in [6.45, 7) is 3.90. The van der Waals surface area contributed by atoms with Crippen LogP contribution in [0.3, 0.4) is 0 Å². The molecule has 4 aromatic rings. The SMILES string of the molecule is CC(C)n1nccc1C(=O)Nc1nc(-c2cc3ccccc3oc2=O)cs1. The number of amides is 1. The van der Waals surface area contributed by atoms with Gasteiger partial charge in [-0.1, -0.05) is 18.2 Å². The number of nitrogens with one attached hydrogen (secondary N) is 1. The fraction of sp³-hybridized carbons (Fsp3) is 0.158. The summed E-state index contributed by atoms with van der Waals surface area (Å²) >= 11 is 1.25. The number of carbonyl (C=O) groups excluding carboxylic acids is 1. The molecule has 0 atom stereocenters. The molecule has 0 saturated carbocycles. The van der Waals surface area contributed by atoms with E-state index in [1.165, 1.54) is 11.3 Å². The summed E-state index contributed by atoms with van der Waals surface area (Å²) in [5, 5.41) is 9.85. The van der Waals surface area contributed by atoms with Crippen LogP contribution in [0.25, 0.3) is 22.2 Å². The van der Waals surface area contributed by atoms with Crippen molar-refractivity contribution < 1.29 is 9.21 Å². The molecule has 0 fully saturated rings. The monoisotopic (exact) mass is 380 g/mol. The van der Waals surface area contributed by atoms with E-state index in [0.717, 1.165) is 5.39 Å². The summed E-state index contributed by atoms with van der Waals surface area (Å²) in [5.41, 5.74) is 1.34. The smallest absolute Gasteiger partial charge is 0.345 e. The highest BCUT2D eigenvalue weighted by molar-refractivity contribution is 7.14. The molecule has 8 heteroatoms. The average Bonchev–Trinajstić information content (AvgIpc) is 3.30. The lowest BCUT2D eigenvalue weighted by atomic mass is 10.1. The number of rotatable bonds is 4. The van der Waals surface area contributed by atoms with Gasteiger partial charge in [0.1, 0.15) is 11.3 Å². The number of anilines is 1. The van der Waals surface area contributed by atoms with E-state index in [-0.39, 0.29) is 11.9 Å². The summed E-state index contributed by atoms with van der Waals surface area (Å²) in [4.78, 5) is 29.1. The Morgan fingerprint density at radius 3 is 2.89 bits per heavy atom. The number of carbonyl (C=O) groups is 1. The summed E-state index contributed by atoms with van der Waals surface area (Å²) in [7, 11) is 0. The zero-order valence-electron chi connectivity index (χ0n) is 14.7. The lowest BCUT2D eigenvalue weighted by molar-refractivity contribution is 0.101. The van der Waals surface area contributed by atoms with Crippen molar-refractivity contribution in [3.8, 4) is 11.3 Å². The summed E-state index contributed by atoms with van der Waals surface area (Å²) in [6, 6.07) is 10.8. The van der Waals surface area contributed by atoms with Gasteiger partial charge in [-0.05, 0) is 32.0 Å². The number of fused-ring (bicyclic) bond motifs is 1. The van der Waals surface area contributed by atoms with Crippen molar-refractivity contribution in [1.82, 2.24) is 14.8 Å². The standard InChI is InChI=1S/C19H16N4O3S/c1-11(2)23-15(7-8-20-23)17(24)22-19-21-14(10-27-19)13-9-12-5-3-4-6-16(12)26-18(13)25/h3-11H,1-2H3,(H,21,22,24). The fourth-order valence-electron chi connectivity index (χ4n) is 2.76. The minimum Gasteiger partial charge on any atom is -0.422 e. The van der Waals surface area contributed by atoms with Gasteiger partial charge < -0.3 is 4.42 Å². The molecule has 136 valence electrons. The van der Waals surface area contributed by atoms with E-state index in [1.54, 1.807) is 34.5 Å². The number of benzene rings is 1. The van der Waals surface area contributed by atoms with E-state index in [0.29, 0.717) is 27.7 Å². The minimum atomic E-state index is -0.463. The Balaban J connectivity index is 1.62. The Hall–Kier alpha value is -3.26. The van der Waals surface area contributed by atoms with E-state index < -0.39 is 5.63 Å². The van der Waals surface area contributed by atoms with Gasteiger partial charge in [0.25, 0.3) is 5.91 Å².